The van der Waals surface area contributed by atoms with Crippen LogP contribution >= 0.6 is 0 Å². The highest BCUT2D eigenvalue weighted by Gasteiger charge is 2.17. The summed E-state index contributed by atoms with van der Waals surface area (Å²) in [6, 6.07) is 12.8. The molecule has 0 aliphatic heterocycles. The highest BCUT2D eigenvalue weighted by molar-refractivity contribution is 6.02. The van der Waals surface area contributed by atoms with E-state index in [1.807, 2.05) is 45.0 Å². The number of hydrogen-bond acceptors (Lipinski definition) is 4. The van der Waals surface area contributed by atoms with Gasteiger partial charge in [0, 0.05) is 12.5 Å². The van der Waals surface area contributed by atoms with Crippen molar-refractivity contribution in [2.24, 2.45) is 0 Å². The van der Waals surface area contributed by atoms with Crippen LogP contribution in [0.25, 0.3) is 6.08 Å². The summed E-state index contributed by atoms with van der Waals surface area (Å²) in [5.74, 6) is -1.44. The SMILES string of the molecule is CC(=O)N/C(=C\c1ccccc1)C(=O)OCC(=O)c1cc(C)c(C)cc1C. The lowest BCUT2D eigenvalue weighted by Gasteiger charge is -2.11. The standard InChI is InChI=1S/C22H23NO4/c1-14-10-16(3)19(11-15(14)2)21(25)13-27-22(26)20(23-17(4)24)12-18-8-6-5-7-9-18/h5-12H,13H2,1-4H3,(H,23,24)/b20-12-. The van der Waals surface area contributed by atoms with Crippen LogP contribution in [-0.4, -0.2) is 24.3 Å². The Morgan fingerprint density at radius 1 is 0.963 bits per heavy atom. The van der Waals surface area contributed by atoms with Gasteiger partial charge in [-0.05, 0) is 55.2 Å². The van der Waals surface area contributed by atoms with E-state index in [1.165, 1.54) is 13.0 Å². The molecule has 5 heteroatoms. The molecule has 0 fully saturated rings. The molecule has 0 saturated carbocycles. The molecule has 2 rings (SSSR count). The third kappa shape index (κ3) is 5.64. The van der Waals surface area contributed by atoms with Crippen LogP contribution in [0.4, 0.5) is 0 Å². The minimum atomic E-state index is -0.760. The molecule has 0 saturated heterocycles. The smallest absolute Gasteiger partial charge is 0.355 e. The van der Waals surface area contributed by atoms with E-state index in [9.17, 15) is 14.4 Å². The Balaban J connectivity index is 2.13. The summed E-state index contributed by atoms with van der Waals surface area (Å²) in [5, 5.41) is 2.46. The molecular weight excluding hydrogens is 342 g/mol. The van der Waals surface area contributed by atoms with Crippen molar-refractivity contribution in [2.75, 3.05) is 6.61 Å². The first-order valence-electron chi connectivity index (χ1n) is 8.60. The number of carbonyl (C=O) groups excluding carboxylic acids is 3. The molecule has 0 spiro atoms. The minimum absolute atomic E-state index is 0.0155. The normalized spacial score (nSPS) is 11.0. The van der Waals surface area contributed by atoms with Crippen molar-refractivity contribution < 1.29 is 19.1 Å². The fourth-order valence-corrected chi connectivity index (χ4v) is 2.60. The Morgan fingerprint density at radius 3 is 2.22 bits per heavy atom. The zero-order valence-corrected chi connectivity index (χ0v) is 16.0. The predicted octanol–water partition coefficient (Wildman–Crippen LogP) is 3.51. The van der Waals surface area contributed by atoms with E-state index in [0.29, 0.717) is 5.56 Å². The first kappa shape index (κ1) is 20.1. The molecule has 0 atom stereocenters. The lowest BCUT2D eigenvalue weighted by atomic mass is 9.98. The lowest BCUT2D eigenvalue weighted by molar-refractivity contribution is -0.139. The number of nitrogens with one attached hydrogen (secondary N) is 1. The van der Waals surface area contributed by atoms with Crippen molar-refractivity contribution >= 4 is 23.7 Å². The van der Waals surface area contributed by atoms with Gasteiger partial charge in [0.15, 0.2) is 6.61 Å². The Hall–Kier alpha value is -3.21. The van der Waals surface area contributed by atoms with Gasteiger partial charge in [0.1, 0.15) is 5.70 Å². The van der Waals surface area contributed by atoms with E-state index in [2.05, 4.69) is 5.32 Å². The average molecular weight is 365 g/mol. The van der Waals surface area contributed by atoms with E-state index < -0.39 is 18.5 Å². The molecule has 0 unspecified atom stereocenters. The van der Waals surface area contributed by atoms with Crippen LogP contribution in [0, 0.1) is 20.8 Å². The van der Waals surface area contributed by atoms with Crippen molar-refractivity contribution in [3.63, 3.8) is 0 Å². The molecule has 0 heterocycles. The number of Topliss-reactive ketones (excluding diaryl/α,β-unsaturated/α-hetero) is 1. The van der Waals surface area contributed by atoms with Gasteiger partial charge in [-0.2, -0.15) is 0 Å². The highest BCUT2D eigenvalue weighted by atomic mass is 16.5. The summed E-state index contributed by atoms with van der Waals surface area (Å²) in [6.45, 7) is 6.66. The van der Waals surface area contributed by atoms with Gasteiger partial charge in [0.05, 0.1) is 0 Å². The molecule has 0 aliphatic rings. The number of benzene rings is 2. The molecule has 0 aromatic heterocycles. The van der Waals surface area contributed by atoms with Gasteiger partial charge in [-0.1, -0.05) is 36.4 Å². The van der Waals surface area contributed by atoms with Crippen LogP contribution in [0.3, 0.4) is 0 Å². The first-order valence-corrected chi connectivity index (χ1v) is 8.60. The molecule has 2 aromatic carbocycles. The summed E-state index contributed by atoms with van der Waals surface area (Å²) >= 11 is 0. The predicted molar refractivity (Wildman–Crippen MR) is 104 cm³/mol. The number of rotatable bonds is 6. The zero-order valence-electron chi connectivity index (χ0n) is 16.0. The maximum absolute atomic E-state index is 12.5. The molecule has 0 bridgehead atoms. The van der Waals surface area contributed by atoms with E-state index in [-0.39, 0.29) is 11.5 Å². The maximum Gasteiger partial charge on any atom is 0.355 e. The van der Waals surface area contributed by atoms with Crippen molar-refractivity contribution in [3.8, 4) is 0 Å². The molecular formula is C22H23NO4. The van der Waals surface area contributed by atoms with Crippen LogP contribution < -0.4 is 5.32 Å². The summed E-state index contributed by atoms with van der Waals surface area (Å²) in [5.41, 5.74) is 4.17. The van der Waals surface area contributed by atoms with Crippen molar-refractivity contribution in [1.82, 2.24) is 5.32 Å². The van der Waals surface area contributed by atoms with Crippen LogP contribution in [-0.2, 0) is 14.3 Å². The number of aryl methyl sites for hydroxylation is 3. The van der Waals surface area contributed by atoms with Crippen molar-refractivity contribution in [2.45, 2.75) is 27.7 Å². The molecule has 140 valence electrons. The average Bonchev–Trinajstić information content (AvgIpc) is 2.62. The number of carbonyl (C=O) groups is 3. The fraction of sp³-hybridized carbons (Fsp3) is 0.227. The first-order chi connectivity index (χ1) is 12.8. The van der Waals surface area contributed by atoms with Gasteiger partial charge in [-0.3, -0.25) is 9.59 Å². The molecule has 1 N–H and O–H groups in total. The Kier molecular flexibility index (Phi) is 6.66. The fourth-order valence-electron chi connectivity index (χ4n) is 2.60. The monoisotopic (exact) mass is 365 g/mol. The summed E-state index contributed by atoms with van der Waals surface area (Å²) in [7, 11) is 0. The van der Waals surface area contributed by atoms with Gasteiger partial charge in [-0.15, -0.1) is 0 Å². The van der Waals surface area contributed by atoms with Crippen LogP contribution in [0.1, 0.15) is 39.5 Å². The topological polar surface area (TPSA) is 72.5 Å². The lowest BCUT2D eigenvalue weighted by Crippen LogP contribution is -2.27. The number of hydrogen-bond donors (Lipinski definition) is 1. The van der Waals surface area contributed by atoms with Crippen LogP contribution in [0.5, 0.6) is 0 Å². The van der Waals surface area contributed by atoms with Gasteiger partial charge in [-0.25, -0.2) is 4.79 Å². The molecule has 0 aliphatic carbocycles. The van der Waals surface area contributed by atoms with E-state index in [0.717, 1.165) is 22.3 Å². The van der Waals surface area contributed by atoms with Crippen LogP contribution in [0.2, 0.25) is 0 Å². The van der Waals surface area contributed by atoms with Crippen LogP contribution in [0.15, 0.2) is 48.2 Å². The van der Waals surface area contributed by atoms with Crippen molar-refractivity contribution in [1.29, 1.82) is 0 Å². The van der Waals surface area contributed by atoms with E-state index >= 15 is 0 Å². The largest absolute Gasteiger partial charge is 0.453 e. The van der Waals surface area contributed by atoms with Crippen molar-refractivity contribution in [3.05, 3.63) is 76.0 Å². The Bertz CT molecular complexity index is 898. The third-order valence-corrected chi connectivity index (χ3v) is 4.12. The molecule has 2 aromatic rings. The molecule has 5 nitrogen and oxygen atoms in total. The number of ketones is 1. The van der Waals surface area contributed by atoms with Gasteiger partial charge < -0.3 is 10.1 Å². The molecule has 0 radical (unpaired) electrons. The number of ether oxygens (including phenoxy) is 1. The number of amides is 1. The summed E-state index contributed by atoms with van der Waals surface area (Å²) in [6.07, 6.45) is 1.51. The Morgan fingerprint density at radius 2 is 1.59 bits per heavy atom. The maximum atomic E-state index is 12.5. The molecule has 1 amide bonds. The zero-order chi connectivity index (χ0) is 20.0. The highest BCUT2D eigenvalue weighted by Crippen LogP contribution is 2.16. The second kappa shape index (κ2) is 8.94. The summed E-state index contributed by atoms with van der Waals surface area (Å²) in [4.78, 5) is 36.2. The quantitative estimate of drug-likeness (QED) is 0.483. The van der Waals surface area contributed by atoms with Gasteiger partial charge in [0.2, 0.25) is 11.7 Å². The van der Waals surface area contributed by atoms with Gasteiger partial charge >= 0.3 is 5.97 Å². The third-order valence-electron chi connectivity index (χ3n) is 4.12. The number of esters is 1. The van der Waals surface area contributed by atoms with Gasteiger partial charge in [0.25, 0.3) is 0 Å². The van der Waals surface area contributed by atoms with E-state index in [1.54, 1.807) is 18.2 Å². The Labute approximate surface area is 159 Å². The molecule has 27 heavy (non-hydrogen) atoms. The second-order valence-corrected chi connectivity index (χ2v) is 6.40. The minimum Gasteiger partial charge on any atom is -0.453 e. The van der Waals surface area contributed by atoms with E-state index in [4.69, 9.17) is 4.74 Å². The summed E-state index contributed by atoms with van der Waals surface area (Å²) < 4.78 is 5.15. The second-order valence-electron chi connectivity index (χ2n) is 6.40.